The zero-order valence-corrected chi connectivity index (χ0v) is 19.2. The fourth-order valence-corrected chi connectivity index (χ4v) is 4.56. The molecular weight excluding hydrogens is 465 g/mol. The van der Waals surface area contributed by atoms with Gasteiger partial charge in [-0.15, -0.1) is 0 Å². The highest BCUT2D eigenvalue weighted by Gasteiger charge is 2.21. The molecule has 0 unspecified atom stereocenters. The zero-order chi connectivity index (χ0) is 21.8. The number of rotatable bonds is 6. The van der Waals surface area contributed by atoms with Crippen LogP contribution in [-0.4, -0.2) is 59.1 Å². The molecule has 2 saturated heterocycles. The maximum atomic E-state index is 13.8. The number of likely N-dealkylation sites (tertiary alicyclic amines) is 1. The minimum atomic E-state index is -0.371. The van der Waals surface area contributed by atoms with E-state index in [1.807, 2.05) is 6.07 Å². The Morgan fingerprint density at radius 3 is 2.23 bits per heavy atom. The number of piperidine rings is 1. The van der Waals surface area contributed by atoms with Crippen LogP contribution in [0, 0.1) is 5.82 Å². The second-order valence-electron chi connectivity index (χ2n) is 8.49. The lowest BCUT2D eigenvalue weighted by Crippen LogP contribution is -2.45. The van der Waals surface area contributed by atoms with Gasteiger partial charge in [-0.1, -0.05) is 12.5 Å². The van der Waals surface area contributed by atoms with Crippen LogP contribution in [0.25, 0.3) is 0 Å². The number of piperazine rings is 1. The molecule has 0 amide bonds. The largest absolute Gasteiger partial charge is 0.502 e. The quantitative estimate of drug-likeness (QED) is 0.663. The van der Waals surface area contributed by atoms with E-state index in [9.17, 15) is 14.3 Å². The summed E-state index contributed by atoms with van der Waals surface area (Å²) in [5.74, 6) is 0.444. The van der Waals surface area contributed by atoms with Crippen molar-refractivity contribution in [2.75, 3.05) is 39.3 Å². The average molecular weight is 494 g/mol. The Balaban J connectivity index is 1.34. The Hall–Kier alpha value is -1.74. The van der Waals surface area contributed by atoms with Gasteiger partial charge in [0.1, 0.15) is 11.6 Å². The van der Waals surface area contributed by atoms with E-state index in [1.54, 1.807) is 12.1 Å². The topological polar surface area (TPSA) is 60.2 Å². The second-order valence-corrected chi connectivity index (χ2v) is 9.34. The van der Waals surface area contributed by atoms with Crippen molar-refractivity contribution >= 4 is 15.9 Å². The van der Waals surface area contributed by atoms with Gasteiger partial charge in [0.25, 0.3) is 0 Å². The van der Waals surface area contributed by atoms with Crippen molar-refractivity contribution in [2.24, 2.45) is 0 Å². The van der Waals surface area contributed by atoms with Crippen LogP contribution < -0.4 is 5.43 Å². The van der Waals surface area contributed by atoms with Crippen molar-refractivity contribution in [1.82, 2.24) is 14.7 Å². The molecule has 0 aliphatic carbocycles. The summed E-state index contributed by atoms with van der Waals surface area (Å²) in [6.45, 7) is 7.00. The van der Waals surface area contributed by atoms with Gasteiger partial charge in [-0.05, 0) is 59.6 Å². The van der Waals surface area contributed by atoms with Gasteiger partial charge in [-0.2, -0.15) is 0 Å². The number of halogens is 2. The van der Waals surface area contributed by atoms with Crippen molar-refractivity contribution in [1.29, 1.82) is 0 Å². The van der Waals surface area contributed by atoms with Crippen LogP contribution in [-0.2, 0) is 19.6 Å². The first-order chi connectivity index (χ1) is 15.0. The van der Waals surface area contributed by atoms with Gasteiger partial charge >= 0.3 is 0 Å². The lowest BCUT2D eigenvalue weighted by Gasteiger charge is -2.34. The molecule has 0 atom stereocenters. The minimum absolute atomic E-state index is 0.244. The Kier molecular flexibility index (Phi) is 7.43. The molecule has 2 fully saturated rings. The minimum Gasteiger partial charge on any atom is -0.502 e. The highest BCUT2D eigenvalue weighted by Crippen LogP contribution is 2.21. The van der Waals surface area contributed by atoms with E-state index in [2.05, 4.69) is 30.6 Å². The third-order valence-electron chi connectivity index (χ3n) is 6.09. The Morgan fingerprint density at radius 2 is 1.55 bits per heavy atom. The molecule has 2 aliphatic heterocycles. The third-order valence-corrected chi connectivity index (χ3v) is 6.74. The molecule has 3 heterocycles. The Bertz CT molecular complexity index is 954. The van der Waals surface area contributed by atoms with Crippen LogP contribution in [0.2, 0.25) is 0 Å². The summed E-state index contributed by atoms with van der Waals surface area (Å²) in [7, 11) is 0. The van der Waals surface area contributed by atoms with Crippen molar-refractivity contribution in [3.05, 3.63) is 61.9 Å². The molecule has 8 heteroatoms. The Morgan fingerprint density at radius 1 is 0.903 bits per heavy atom. The summed E-state index contributed by atoms with van der Waals surface area (Å²) in [5, 5.41) is 10.3. The first-order valence-corrected chi connectivity index (χ1v) is 11.7. The van der Waals surface area contributed by atoms with Crippen molar-refractivity contribution in [3.63, 3.8) is 0 Å². The molecule has 6 nitrogen and oxygen atoms in total. The van der Waals surface area contributed by atoms with Gasteiger partial charge < -0.3 is 9.52 Å². The number of nitrogens with zero attached hydrogens (tertiary/aromatic N) is 3. The Labute approximate surface area is 190 Å². The maximum Gasteiger partial charge on any atom is 0.227 e. The van der Waals surface area contributed by atoms with Gasteiger partial charge in [0.05, 0.1) is 17.6 Å². The predicted molar refractivity (Wildman–Crippen MR) is 120 cm³/mol. The lowest BCUT2D eigenvalue weighted by atomic mass is 10.1. The van der Waals surface area contributed by atoms with Crippen molar-refractivity contribution < 1.29 is 13.9 Å². The molecule has 1 N–H and O–H groups in total. The van der Waals surface area contributed by atoms with Crippen LogP contribution >= 0.6 is 15.9 Å². The van der Waals surface area contributed by atoms with Crippen LogP contribution in [0.15, 0.2) is 37.9 Å². The van der Waals surface area contributed by atoms with Gasteiger partial charge in [-0.25, -0.2) is 4.39 Å². The summed E-state index contributed by atoms with van der Waals surface area (Å²) in [5.41, 5.74) is 0.576. The van der Waals surface area contributed by atoms with E-state index in [0.717, 1.165) is 44.8 Å². The van der Waals surface area contributed by atoms with Crippen molar-refractivity contribution in [2.45, 2.75) is 38.9 Å². The molecule has 0 saturated carbocycles. The van der Waals surface area contributed by atoms with Gasteiger partial charge in [0.15, 0.2) is 5.76 Å². The standard InChI is InChI=1S/C23H29BrFN3O3/c24-19-5-4-17(12-20(19)25)14-27-8-10-28(11-9-27)16-22-23(30)21(29)13-18(31-22)15-26-6-2-1-3-7-26/h4-5,12-13,30H,1-3,6-11,14-16H2. The van der Waals surface area contributed by atoms with E-state index in [0.29, 0.717) is 35.6 Å². The summed E-state index contributed by atoms with van der Waals surface area (Å²) in [4.78, 5) is 19.0. The first-order valence-electron chi connectivity index (χ1n) is 10.9. The van der Waals surface area contributed by atoms with Crippen LogP contribution in [0.4, 0.5) is 4.39 Å². The number of aromatic hydroxyl groups is 1. The monoisotopic (exact) mass is 493 g/mol. The van der Waals surface area contributed by atoms with Crippen LogP contribution in [0.5, 0.6) is 5.75 Å². The zero-order valence-electron chi connectivity index (χ0n) is 17.7. The summed E-state index contributed by atoms with van der Waals surface area (Å²) in [6, 6.07) is 6.66. The predicted octanol–water partition coefficient (Wildman–Crippen LogP) is 3.55. The fraction of sp³-hybridized carbons (Fsp3) is 0.522. The molecule has 0 radical (unpaired) electrons. The molecule has 0 bridgehead atoms. The smallest absolute Gasteiger partial charge is 0.227 e. The normalized spacial score (nSPS) is 19.0. The molecule has 1 aromatic heterocycles. The fourth-order valence-electron chi connectivity index (χ4n) is 4.32. The van der Waals surface area contributed by atoms with Gasteiger partial charge in [0.2, 0.25) is 11.2 Å². The highest BCUT2D eigenvalue weighted by atomic mass is 79.9. The van der Waals surface area contributed by atoms with E-state index in [-0.39, 0.29) is 17.0 Å². The molecule has 31 heavy (non-hydrogen) atoms. The van der Waals surface area contributed by atoms with E-state index < -0.39 is 0 Å². The summed E-state index contributed by atoms with van der Waals surface area (Å²) in [6.07, 6.45) is 3.60. The lowest BCUT2D eigenvalue weighted by molar-refractivity contribution is 0.112. The van der Waals surface area contributed by atoms with Crippen LogP contribution in [0.1, 0.15) is 36.3 Å². The first kappa shape index (κ1) is 22.5. The van der Waals surface area contributed by atoms with E-state index >= 15 is 0 Å². The van der Waals surface area contributed by atoms with E-state index in [1.165, 1.54) is 25.3 Å². The number of hydrogen-bond acceptors (Lipinski definition) is 6. The summed E-state index contributed by atoms with van der Waals surface area (Å²) < 4.78 is 20.2. The number of hydrogen-bond donors (Lipinski definition) is 1. The van der Waals surface area contributed by atoms with Crippen LogP contribution in [0.3, 0.4) is 0 Å². The maximum absolute atomic E-state index is 13.8. The SMILES string of the molecule is O=c1cc(CN2CCCCC2)oc(CN2CCN(Cc3ccc(Br)c(F)c3)CC2)c1O. The molecule has 2 aliphatic rings. The highest BCUT2D eigenvalue weighted by molar-refractivity contribution is 9.10. The van der Waals surface area contributed by atoms with Gasteiger partial charge in [0, 0.05) is 38.8 Å². The second kappa shape index (κ2) is 10.3. The molecule has 168 valence electrons. The van der Waals surface area contributed by atoms with Gasteiger partial charge in [-0.3, -0.25) is 19.5 Å². The van der Waals surface area contributed by atoms with Crippen molar-refractivity contribution in [3.8, 4) is 5.75 Å². The molecule has 2 aromatic rings. The molecular formula is C23H29BrFN3O3. The molecule has 4 rings (SSSR count). The molecule has 0 spiro atoms. The summed E-state index contributed by atoms with van der Waals surface area (Å²) >= 11 is 3.19. The van der Waals surface area contributed by atoms with E-state index in [4.69, 9.17) is 4.42 Å². The average Bonchev–Trinajstić information content (AvgIpc) is 2.76. The number of benzene rings is 1. The third kappa shape index (κ3) is 5.94. The molecule has 1 aromatic carbocycles.